The van der Waals surface area contributed by atoms with Gasteiger partial charge in [-0.3, -0.25) is 0 Å². The van der Waals surface area contributed by atoms with Gasteiger partial charge in [-0.2, -0.15) is 0 Å². The predicted octanol–water partition coefficient (Wildman–Crippen LogP) is 2.13. The summed E-state index contributed by atoms with van der Waals surface area (Å²) in [6.45, 7) is 3.51. The molecule has 0 aromatic carbocycles. The average Bonchev–Trinajstić information content (AvgIpc) is 2.32. The molecule has 0 aliphatic carbocycles. The molecule has 0 aliphatic rings. The number of hydrogen-bond donors (Lipinski definition) is 0. The van der Waals surface area contributed by atoms with Gasteiger partial charge in [-0.15, -0.1) is 0 Å². The fraction of sp³-hybridized carbons (Fsp3) is 0.667. The van der Waals surface area contributed by atoms with Crippen molar-refractivity contribution in [3.63, 3.8) is 0 Å². The number of halogens is 2. The first-order chi connectivity index (χ1) is 5.13. The lowest BCUT2D eigenvalue weighted by Crippen LogP contribution is -1.95. The summed E-state index contributed by atoms with van der Waals surface area (Å²) < 4.78 is 28.3. The zero-order valence-electron chi connectivity index (χ0n) is 6.21. The Morgan fingerprint density at radius 2 is 1.73 bits per heavy atom. The van der Waals surface area contributed by atoms with Crippen LogP contribution in [0, 0.1) is 0 Å². The van der Waals surface area contributed by atoms with Crippen LogP contribution in [0.3, 0.4) is 0 Å². The monoisotopic (exact) mass is 162 g/mol. The third-order valence-electron chi connectivity index (χ3n) is 1.29. The molecular formula is C6H8F2N2O. The van der Waals surface area contributed by atoms with Gasteiger partial charge >= 0.3 is 0 Å². The SMILES string of the molecule is CC(C)c1nonc1C(F)F. The van der Waals surface area contributed by atoms with Gasteiger partial charge in [0.25, 0.3) is 6.43 Å². The zero-order valence-corrected chi connectivity index (χ0v) is 6.21. The molecule has 0 saturated heterocycles. The van der Waals surface area contributed by atoms with E-state index in [1.165, 1.54) is 0 Å². The number of alkyl halides is 2. The second-order valence-corrected chi connectivity index (χ2v) is 2.49. The topological polar surface area (TPSA) is 38.9 Å². The number of rotatable bonds is 2. The standard InChI is InChI=1S/C6H8F2N2O/c1-3(2)4-5(6(7)8)10-11-9-4/h3,6H,1-2H3. The first-order valence-corrected chi connectivity index (χ1v) is 3.23. The molecular weight excluding hydrogens is 154 g/mol. The Balaban J connectivity index is 2.96. The van der Waals surface area contributed by atoms with Gasteiger partial charge in [0.1, 0.15) is 5.69 Å². The van der Waals surface area contributed by atoms with Crippen LogP contribution >= 0.6 is 0 Å². The minimum absolute atomic E-state index is 0.0785. The Morgan fingerprint density at radius 3 is 2.09 bits per heavy atom. The minimum atomic E-state index is -2.60. The van der Waals surface area contributed by atoms with Crippen molar-refractivity contribution < 1.29 is 13.4 Å². The smallest absolute Gasteiger partial charge is 0.244 e. The van der Waals surface area contributed by atoms with E-state index in [1.807, 2.05) is 0 Å². The molecule has 0 amide bonds. The van der Waals surface area contributed by atoms with Crippen LogP contribution in [0.15, 0.2) is 4.63 Å². The van der Waals surface area contributed by atoms with E-state index in [0.29, 0.717) is 0 Å². The molecule has 0 N–H and O–H groups in total. The molecule has 3 nitrogen and oxygen atoms in total. The highest BCUT2D eigenvalue weighted by Crippen LogP contribution is 2.24. The third-order valence-corrected chi connectivity index (χ3v) is 1.29. The molecule has 0 aliphatic heterocycles. The van der Waals surface area contributed by atoms with E-state index >= 15 is 0 Å². The summed E-state index contributed by atoms with van der Waals surface area (Å²) >= 11 is 0. The van der Waals surface area contributed by atoms with Crippen LogP contribution in [0.2, 0.25) is 0 Å². The highest BCUT2D eigenvalue weighted by Gasteiger charge is 2.21. The van der Waals surface area contributed by atoms with E-state index < -0.39 is 6.43 Å². The highest BCUT2D eigenvalue weighted by atomic mass is 19.3. The maximum atomic E-state index is 12.1. The molecule has 1 rings (SSSR count). The normalized spacial score (nSPS) is 11.5. The molecule has 5 heteroatoms. The maximum absolute atomic E-state index is 12.1. The summed E-state index contributed by atoms with van der Waals surface area (Å²) in [5.41, 5.74) is -0.111. The van der Waals surface area contributed by atoms with E-state index in [4.69, 9.17) is 0 Å². The van der Waals surface area contributed by atoms with Gasteiger partial charge in [-0.1, -0.05) is 19.0 Å². The van der Waals surface area contributed by atoms with Gasteiger partial charge < -0.3 is 0 Å². The van der Waals surface area contributed by atoms with E-state index in [0.717, 1.165) is 0 Å². The van der Waals surface area contributed by atoms with Crippen LogP contribution in [0.1, 0.15) is 37.6 Å². The summed E-state index contributed by atoms with van der Waals surface area (Å²) in [7, 11) is 0. The fourth-order valence-electron chi connectivity index (χ4n) is 0.755. The van der Waals surface area contributed by atoms with Crippen LogP contribution in [0.5, 0.6) is 0 Å². The van der Waals surface area contributed by atoms with Gasteiger partial charge in [0, 0.05) is 5.92 Å². The molecule has 11 heavy (non-hydrogen) atoms. The van der Waals surface area contributed by atoms with Gasteiger partial charge in [0.05, 0.1) is 0 Å². The van der Waals surface area contributed by atoms with E-state index in [9.17, 15) is 8.78 Å². The third kappa shape index (κ3) is 1.53. The Labute approximate surface area is 62.4 Å². The number of nitrogens with zero attached hydrogens (tertiary/aromatic N) is 2. The molecule has 0 unspecified atom stereocenters. The molecule has 1 heterocycles. The fourth-order valence-corrected chi connectivity index (χ4v) is 0.755. The molecule has 0 fully saturated rings. The number of aromatic nitrogens is 2. The first kappa shape index (κ1) is 8.10. The van der Waals surface area contributed by atoms with Crippen molar-refractivity contribution in [2.24, 2.45) is 0 Å². The first-order valence-electron chi connectivity index (χ1n) is 3.23. The average molecular weight is 162 g/mol. The van der Waals surface area contributed by atoms with Gasteiger partial charge in [-0.25, -0.2) is 13.4 Å². The molecule has 0 saturated carbocycles. The molecule has 1 aromatic rings. The van der Waals surface area contributed by atoms with E-state index in [2.05, 4.69) is 14.9 Å². The molecule has 0 bridgehead atoms. The number of hydrogen-bond acceptors (Lipinski definition) is 3. The molecule has 62 valence electrons. The van der Waals surface area contributed by atoms with E-state index in [1.54, 1.807) is 13.8 Å². The lowest BCUT2D eigenvalue weighted by molar-refractivity contribution is 0.138. The molecule has 0 radical (unpaired) electrons. The minimum Gasteiger partial charge on any atom is -0.244 e. The maximum Gasteiger partial charge on any atom is 0.285 e. The summed E-state index contributed by atoms with van der Waals surface area (Å²) in [5, 5.41) is 6.47. The largest absolute Gasteiger partial charge is 0.285 e. The van der Waals surface area contributed by atoms with Crippen molar-refractivity contribution in [3.8, 4) is 0 Å². The summed E-state index contributed by atoms with van der Waals surface area (Å²) in [6.07, 6.45) is -2.60. The quantitative estimate of drug-likeness (QED) is 0.668. The van der Waals surface area contributed by atoms with Crippen LogP contribution in [-0.2, 0) is 0 Å². The second-order valence-electron chi connectivity index (χ2n) is 2.49. The van der Waals surface area contributed by atoms with Gasteiger partial charge in [0.2, 0.25) is 0 Å². The van der Waals surface area contributed by atoms with Crippen molar-refractivity contribution in [1.82, 2.24) is 10.3 Å². The Morgan fingerprint density at radius 1 is 1.18 bits per heavy atom. The van der Waals surface area contributed by atoms with Crippen LogP contribution < -0.4 is 0 Å². The van der Waals surface area contributed by atoms with Gasteiger partial charge in [-0.05, 0) is 5.16 Å². The van der Waals surface area contributed by atoms with Crippen molar-refractivity contribution >= 4 is 0 Å². The van der Waals surface area contributed by atoms with Crippen LogP contribution in [0.25, 0.3) is 0 Å². The lowest BCUT2D eigenvalue weighted by atomic mass is 10.1. The van der Waals surface area contributed by atoms with Crippen LogP contribution in [0.4, 0.5) is 8.78 Å². The van der Waals surface area contributed by atoms with Crippen molar-refractivity contribution in [2.75, 3.05) is 0 Å². The summed E-state index contributed by atoms with van der Waals surface area (Å²) in [6, 6.07) is 0. The molecule has 1 aromatic heterocycles. The Kier molecular flexibility index (Phi) is 2.16. The van der Waals surface area contributed by atoms with Crippen molar-refractivity contribution in [2.45, 2.75) is 26.2 Å². The Bertz CT molecular complexity index is 212. The van der Waals surface area contributed by atoms with E-state index in [-0.39, 0.29) is 17.3 Å². The lowest BCUT2D eigenvalue weighted by Gasteiger charge is -1.99. The highest BCUT2D eigenvalue weighted by molar-refractivity contribution is 5.12. The van der Waals surface area contributed by atoms with Gasteiger partial charge in [0.15, 0.2) is 5.69 Å². The summed E-state index contributed by atoms with van der Waals surface area (Å²) in [5.74, 6) is -0.0785. The molecule has 0 atom stereocenters. The molecule has 0 spiro atoms. The van der Waals surface area contributed by atoms with Crippen LogP contribution in [-0.4, -0.2) is 10.3 Å². The van der Waals surface area contributed by atoms with Crippen molar-refractivity contribution in [3.05, 3.63) is 11.4 Å². The second kappa shape index (κ2) is 2.94. The zero-order chi connectivity index (χ0) is 8.43. The van der Waals surface area contributed by atoms with Crippen molar-refractivity contribution in [1.29, 1.82) is 0 Å². The Hall–Kier alpha value is -1.00. The summed E-state index contributed by atoms with van der Waals surface area (Å²) in [4.78, 5) is 0. The predicted molar refractivity (Wildman–Crippen MR) is 33.3 cm³/mol.